The predicted molar refractivity (Wildman–Crippen MR) is 102 cm³/mol. The zero-order chi connectivity index (χ0) is 18.5. The van der Waals surface area contributed by atoms with Crippen LogP contribution in [-0.4, -0.2) is 29.6 Å². The Morgan fingerprint density at radius 3 is 2.69 bits per heavy atom. The summed E-state index contributed by atoms with van der Waals surface area (Å²) in [6, 6.07) is 11.0. The molecule has 1 amide bonds. The molecule has 0 unspecified atom stereocenters. The number of nitrogens with one attached hydrogen (secondary N) is 1. The Morgan fingerprint density at radius 2 is 2.00 bits per heavy atom. The molecule has 0 atom stereocenters. The summed E-state index contributed by atoms with van der Waals surface area (Å²) in [6.07, 6.45) is 1.59. The number of carbonyl (C=O) groups is 1. The van der Waals surface area contributed by atoms with E-state index in [1.54, 1.807) is 25.4 Å². The Bertz CT molecular complexity index is 907. The van der Waals surface area contributed by atoms with Gasteiger partial charge >= 0.3 is 0 Å². The highest BCUT2D eigenvalue weighted by atomic mass is 32.1. The topological polar surface area (TPSA) is 73.3 Å². The summed E-state index contributed by atoms with van der Waals surface area (Å²) < 4.78 is 10.6. The Labute approximate surface area is 155 Å². The van der Waals surface area contributed by atoms with Crippen molar-refractivity contribution in [2.75, 3.05) is 19.0 Å². The molecule has 0 spiro atoms. The van der Waals surface area contributed by atoms with Crippen LogP contribution in [0.15, 0.2) is 42.6 Å². The molecule has 2 heterocycles. The highest BCUT2D eigenvalue weighted by molar-refractivity contribution is 7.16. The van der Waals surface area contributed by atoms with E-state index in [1.165, 1.54) is 11.3 Å². The van der Waals surface area contributed by atoms with Gasteiger partial charge in [0, 0.05) is 16.6 Å². The molecule has 0 aliphatic heterocycles. The van der Waals surface area contributed by atoms with Gasteiger partial charge in [0.05, 0.1) is 19.4 Å². The van der Waals surface area contributed by atoms with Crippen LogP contribution in [0.4, 0.5) is 5.13 Å². The maximum Gasteiger partial charge on any atom is 0.262 e. The first kappa shape index (κ1) is 17.9. The monoisotopic (exact) mass is 369 g/mol. The van der Waals surface area contributed by atoms with E-state index in [-0.39, 0.29) is 5.91 Å². The number of aryl methyl sites for hydroxylation is 1. The number of nitrogens with zero attached hydrogens (tertiary/aromatic N) is 2. The molecule has 0 fully saturated rings. The fourth-order valence-electron chi connectivity index (χ4n) is 2.45. The number of methoxy groups -OCH3 is 1. The van der Waals surface area contributed by atoms with Gasteiger partial charge in [0.15, 0.2) is 5.13 Å². The molecule has 0 radical (unpaired) electrons. The van der Waals surface area contributed by atoms with Gasteiger partial charge in [-0.15, -0.1) is 11.3 Å². The van der Waals surface area contributed by atoms with Crippen LogP contribution >= 0.6 is 11.3 Å². The van der Waals surface area contributed by atoms with Gasteiger partial charge in [-0.05, 0) is 50.2 Å². The first-order chi connectivity index (χ1) is 12.6. The average molecular weight is 369 g/mol. The van der Waals surface area contributed by atoms with Crippen LogP contribution in [0.5, 0.6) is 11.6 Å². The minimum absolute atomic E-state index is 0.295. The number of ether oxygens (including phenoxy) is 2. The van der Waals surface area contributed by atoms with E-state index in [9.17, 15) is 4.79 Å². The van der Waals surface area contributed by atoms with Gasteiger partial charge in [-0.3, -0.25) is 10.1 Å². The number of anilines is 1. The van der Waals surface area contributed by atoms with Crippen molar-refractivity contribution in [3.63, 3.8) is 0 Å². The van der Waals surface area contributed by atoms with Crippen LogP contribution in [0.1, 0.15) is 22.2 Å². The Balaban J connectivity index is 1.82. The first-order valence-corrected chi connectivity index (χ1v) is 8.95. The standard InChI is InChI=1S/C19H19N3O3S/c1-4-25-18-15(6-5-11-20-18)17(23)22-19-21-16(12(2)26-19)13-7-9-14(24-3)10-8-13/h5-11H,4H2,1-3H3,(H,21,22,23). The zero-order valence-corrected chi connectivity index (χ0v) is 15.6. The molecule has 3 rings (SSSR count). The average Bonchev–Trinajstić information content (AvgIpc) is 3.02. The van der Waals surface area contributed by atoms with E-state index in [0.717, 1.165) is 21.9 Å². The summed E-state index contributed by atoms with van der Waals surface area (Å²) >= 11 is 1.43. The minimum Gasteiger partial charge on any atom is -0.497 e. The normalized spacial score (nSPS) is 10.4. The molecule has 0 saturated heterocycles. The van der Waals surface area contributed by atoms with Crippen LogP contribution in [-0.2, 0) is 0 Å². The van der Waals surface area contributed by atoms with E-state index in [0.29, 0.717) is 23.2 Å². The van der Waals surface area contributed by atoms with Crippen molar-refractivity contribution in [1.82, 2.24) is 9.97 Å². The number of benzene rings is 1. The molecule has 0 bridgehead atoms. The lowest BCUT2D eigenvalue weighted by molar-refractivity contribution is 0.102. The second-order valence-electron chi connectivity index (χ2n) is 5.40. The van der Waals surface area contributed by atoms with Crippen LogP contribution < -0.4 is 14.8 Å². The summed E-state index contributed by atoms with van der Waals surface area (Å²) in [6.45, 7) is 4.26. The van der Waals surface area contributed by atoms with Crippen LogP contribution in [0.2, 0.25) is 0 Å². The first-order valence-electron chi connectivity index (χ1n) is 8.13. The predicted octanol–water partition coefficient (Wildman–Crippen LogP) is 4.17. The van der Waals surface area contributed by atoms with Gasteiger partial charge in [0.1, 0.15) is 11.3 Å². The van der Waals surface area contributed by atoms with Gasteiger partial charge in [0.25, 0.3) is 5.91 Å². The third-order valence-corrected chi connectivity index (χ3v) is 4.56. The number of hydrogen-bond acceptors (Lipinski definition) is 6. The lowest BCUT2D eigenvalue weighted by atomic mass is 10.1. The number of aromatic nitrogens is 2. The summed E-state index contributed by atoms with van der Waals surface area (Å²) in [5.74, 6) is 0.808. The molecule has 0 saturated carbocycles. The largest absolute Gasteiger partial charge is 0.497 e. The third-order valence-electron chi connectivity index (χ3n) is 3.68. The maximum absolute atomic E-state index is 12.6. The molecule has 6 nitrogen and oxygen atoms in total. The molecular formula is C19H19N3O3S. The van der Waals surface area contributed by atoms with E-state index >= 15 is 0 Å². The Kier molecular flexibility index (Phi) is 5.48. The van der Waals surface area contributed by atoms with Gasteiger partial charge in [-0.1, -0.05) is 0 Å². The van der Waals surface area contributed by atoms with Gasteiger partial charge < -0.3 is 9.47 Å². The van der Waals surface area contributed by atoms with Crippen molar-refractivity contribution in [2.24, 2.45) is 0 Å². The van der Waals surface area contributed by atoms with Crippen molar-refractivity contribution in [2.45, 2.75) is 13.8 Å². The molecule has 2 aromatic heterocycles. The van der Waals surface area contributed by atoms with Gasteiger partial charge in [-0.2, -0.15) is 0 Å². The van der Waals surface area contributed by atoms with Crippen molar-refractivity contribution in [1.29, 1.82) is 0 Å². The van der Waals surface area contributed by atoms with Crippen molar-refractivity contribution < 1.29 is 14.3 Å². The van der Waals surface area contributed by atoms with Gasteiger partial charge in [-0.25, -0.2) is 9.97 Å². The number of carbonyl (C=O) groups excluding carboxylic acids is 1. The second-order valence-corrected chi connectivity index (χ2v) is 6.60. The van der Waals surface area contributed by atoms with Crippen molar-refractivity contribution >= 4 is 22.4 Å². The Morgan fingerprint density at radius 1 is 1.23 bits per heavy atom. The lowest BCUT2D eigenvalue weighted by Gasteiger charge is -2.07. The zero-order valence-electron chi connectivity index (χ0n) is 14.8. The van der Waals surface area contributed by atoms with E-state index in [4.69, 9.17) is 9.47 Å². The van der Waals surface area contributed by atoms with Gasteiger partial charge in [0.2, 0.25) is 5.88 Å². The summed E-state index contributed by atoms with van der Waals surface area (Å²) in [5.41, 5.74) is 2.19. The summed E-state index contributed by atoms with van der Waals surface area (Å²) in [7, 11) is 1.63. The molecule has 7 heteroatoms. The molecule has 26 heavy (non-hydrogen) atoms. The van der Waals surface area contributed by atoms with E-state index in [2.05, 4.69) is 15.3 Å². The SMILES string of the molecule is CCOc1ncccc1C(=O)Nc1nc(-c2ccc(OC)cc2)c(C)s1. The van der Waals surface area contributed by atoms with Crippen LogP contribution in [0, 0.1) is 6.92 Å². The number of rotatable bonds is 6. The number of hydrogen-bond donors (Lipinski definition) is 1. The highest BCUT2D eigenvalue weighted by Crippen LogP contribution is 2.31. The smallest absolute Gasteiger partial charge is 0.262 e. The molecule has 1 N–H and O–H groups in total. The van der Waals surface area contributed by atoms with E-state index in [1.807, 2.05) is 38.1 Å². The molecule has 3 aromatic rings. The highest BCUT2D eigenvalue weighted by Gasteiger charge is 2.17. The van der Waals surface area contributed by atoms with Crippen molar-refractivity contribution in [3.05, 3.63) is 53.0 Å². The fraction of sp³-hybridized carbons (Fsp3) is 0.211. The van der Waals surface area contributed by atoms with Crippen LogP contribution in [0.3, 0.4) is 0 Å². The van der Waals surface area contributed by atoms with E-state index < -0.39 is 0 Å². The van der Waals surface area contributed by atoms with Crippen LogP contribution in [0.25, 0.3) is 11.3 Å². The summed E-state index contributed by atoms with van der Waals surface area (Å²) in [4.78, 5) is 22.3. The Hall–Kier alpha value is -2.93. The number of pyridine rings is 1. The molecule has 134 valence electrons. The second kappa shape index (κ2) is 7.97. The molecule has 0 aliphatic rings. The molecule has 1 aromatic carbocycles. The maximum atomic E-state index is 12.6. The quantitative estimate of drug-likeness (QED) is 0.706. The van der Waals surface area contributed by atoms with Crippen molar-refractivity contribution in [3.8, 4) is 22.9 Å². The molecular weight excluding hydrogens is 350 g/mol. The third kappa shape index (κ3) is 3.83. The fourth-order valence-corrected chi connectivity index (χ4v) is 3.28. The number of amides is 1. The molecule has 0 aliphatic carbocycles. The summed E-state index contributed by atoms with van der Waals surface area (Å²) in [5, 5.41) is 3.37. The minimum atomic E-state index is -0.295. The lowest BCUT2D eigenvalue weighted by Crippen LogP contribution is -2.14. The number of thiazole rings is 1.